The lowest BCUT2D eigenvalue weighted by atomic mass is 10.1. The van der Waals surface area contributed by atoms with E-state index in [1.165, 1.54) is 11.8 Å². The first kappa shape index (κ1) is 19.0. The summed E-state index contributed by atoms with van der Waals surface area (Å²) in [6, 6.07) is 12.1. The number of aryl methyl sites for hydroxylation is 1. The van der Waals surface area contributed by atoms with Gasteiger partial charge in [0.2, 0.25) is 0 Å². The number of carbonyl (C=O) groups excluding carboxylic acids is 1. The molecule has 8 heteroatoms. The Morgan fingerprint density at radius 1 is 1.21 bits per heavy atom. The smallest absolute Gasteiger partial charge is 0.359 e. The number of hydrogen-bond donors (Lipinski definition) is 0. The van der Waals surface area contributed by atoms with E-state index in [0.29, 0.717) is 32.7 Å². The third-order valence-corrected chi connectivity index (χ3v) is 5.00. The summed E-state index contributed by atoms with van der Waals surface area (Å²) < 4.78 is 13.4. The number of ether oxygens (including phenoxy) is 2. The Morgan fingerprint density at radius 3 is 2.72 bits per heavy atom. The van der Waals surface area contributed by atoms with Gasteiger partial charge in [-0.1, -0.05) is 23.7 Å². The molecule has 0 N–H and O–H groups in total. The Balaban J connectivity index is 2.16. The van der Waals surface area contributed by atoms with Crippen LogP contribution in [0.1, 0.15) is 17.4 Å². The number of esters is 1. The normalized spacial score (nSPS) is 11.2. The summed E-state index contributed by atoms with van der Waals surface area (Å²) in [5, 5.41) is 6.06. The van der Waals surface area contributed by atoms with E-state index in [-0.39, 0.29) is 17.9 Å². The Bertz CT molecular complexity index is 1320. The van der Waals surface area contributed by atoms with E-state index < -0.39 is 5.97 Å². The number of carbonyl (C=O) groups is 1. The second kappa shape index (κ2) is 7.25. The number of rotatable bonds is 4. The first-order valence-electron chi connectivity index (χ1n) is 8.98. The standard InChI is InChI=1S/C21H18ClN3O4/c1-4-29-21(27)18-17-15-9-8-12(22)10-16(15)24(2)19(17)20(26)25(23-18)13-6-5-7-14(11-13)28-3/h5-11H,4H2,1-3H3. The molecule has 2 aromatic heterocycles. The van der Waals surface area contributed by atoms with E-state index in [9.17, 15) is 9.59 Å². The minimum Gasteiger partial charge on any atom is -0.497 e. The van der Waals surface area contributed by atoms with Crippen molar-refractivity contribution in [3.63, 3.8) is 0 Å². The van der Waals surface area contributed by atoms with E-state index in [4.69, 9.17) is 21.1 Å². The third kappa shape index (κ3) is 3.03. The summed E-state index contributed by atoms with van der Waals surface area (Å²) in [6.45, 7) is 1.91. The van der Waals surface area contributed by atoms with E-state index in [1.807, 2.05) is 0 Å². The van der Waals surface area contributed by atoms with Crippen molar-refractivity contribution in [1.82, 2.24) is 14.3 Å². The van der Waals surface area contributed by atoms with Crippen LogP contribution < -0.4 is 10.3 Å². The fourth-order valence-corrected chi connectivity index (χ4v) is 3.62. The van der Waals surface area contributed by atoms with Gasteiger partial charge in [-0.05, 0) is 31.2 Å². The molecule has 2 aromatic carbocycles. The minimum absolute atomic E-state index is 0.0668. The molecule has 0 saturated heterocycles. The summed E-state index contributed by atoms with van der Waals surface area (Å²) in [5.74, 6) is -0.0330. The number of halogens is 1. The number of hydrogen-bond acceptors (Lipinski definition) is 5. The molecule has 0 aliphatic heterocycles. The van der Waals surface area contributed by atoms with Gasteiger partial charge < -0.3 is 14.0 Å². The van der Waals surface area contributed by atoms with Gasteiger partial charge in [-0.15, -0.1) is 0 Å². The lowest BCUT2D eigenvalue weighted by Gasteiger charge is -2.10. The number of nitrogens with zero attached hydrogens (tertiary/aromatic N) is 3. The van der Waals surface area contributed by atoms with Crippen LogP contribution in [0.2, 0.25) is 5.02 Å². The molecule has 2 heterocycles. The predicted molar refractivity (Wildman–Crippen MR) is 111 cm³/mol. The van der Waals surface area contributed by atoms with Crippen molar-refractivity contribution in [3.8, 4) is 11.4 Å². The zero-order valence-electron chi connectivity index (χ0n) is 16.1. The van der Waals surface area contributed by atoms with Crippen LogP contribution in [0.4, 0.5) is 0 Å². The van der Waals surface area contributed by atoms with Crippen molar-refractivity contribution in [1.29, 1.82) is 0 Å². The van der Waals surface area contributed by atoms with Gasteiger partial charge in [-0.25, -0.2) is 4.79 Å². The first-order chi connectivity index (χ1) is 14.0. The molecule has 0 unspecified atom stereocenters. The lowest BCUT2D eigenvalue weighted by Crippen LogP contribution is -2.26. The van der Waals surface area contributed by atoms with Crippen molar-refractivity contribution in [2.45, 2.75) is 6.92 Å². The zero-order chi connectivity index (χ0) is 20.7. The van der Waals surface area contributed by atoms with Crippen LogP contribution in [0.3, 0.4) is 0 Å². The van der Waals surface area contributed by atoms with Gasteiger partial charge in [-0.3, -0.25) is 4.79 Å². The highest BCUT2D eigenvalue weighted by Gasteiger charge is 2.24. The maximum absolute atomic E-state index is 13.4. The van der Waals surface area contributed by atoms with E-state index in [0.717, 1.165) is 5.52 Å². The van der Waals surface area contributed by atoms with Crippen molar-refractivity contribution in [3.05, 3.63) is 63.5 Å². The molecule has 0 fully saturated rings. The molecular formula is C21H18ClN3O4. The zero-order valence-corrected chi connectivity index (χ0v) is 16.9. The maximum atomic E-state index is 13.4. The van der Waals surface area contributed by atoms with Gasteiger partial charge in [0.1, 0.15) is 11.3 Å². The van der Waals surface area contributed by atoms with Crippen LogP contribution in [-0.2, 0) is 11.8 Å². The SMILES string of the molecule is CCOC(=O)c1nn(-c2cccc(OC)c2)c(=O)c2c1c1ccc(Cl)cc1n2C. The fourth-order valence-electron chi connectivity index (χ4n) is 3.45. The Labute approximate surface area is 171 Å². The summed E-state index contributed by atoms with van der Waals surface area (Å²) in [6.07, 6.45) is 0. The molecule has 29 heavy (non-hydrogen) atoms. The fraction of sp³-hybridized carbons (Fsp3) is 0.190. The Hall–Kier alpha value is -3.32. The van der Waals surface area contributed by atoms with Crippen LogP contribution in [0, 0.1) is 0 Å². The van der Waals surface area contributed by atoms with Crippen LogP contribution in [-0.4, -0.2) is 34.0 Å². The number of aromatic nitrogens is 3. The predicted octanol–water partition coefficient (Wildman–Crippen LogP) is 3.72. The molecule has 0 amide bonds. The van der Waals surface area contributed by atoms with Crippen molar-refractivity contribution < 1.29 is 14.3 Å². The van der Waals surface area contributed by atoms with Crippen LogP contribution in [0.15, 0.2) is 47.3 Å². The summed E-state index contributed by atoms with van der Waals surface area (Å²) in [4.78, 5) is 26.1. The molecule has 0 bridgehead atoms. The minimum atomic E-state index is -0.600. The second-order valence-corrected chi connectivity index (χ2v) is 6.87. The highest BCUT2D eigenvalue weighted by atomic mass is 35.5. The number of benzene rings is 2. The van der Waals surface area contributed by atoms with Crippen molar-refractivity contribution in [2.75, 3.05) is 13.7 Å². The molecule has 4 rings (SSSR count). The Morgan fingerprint density at radius 2 is 2.00 bits per heavy atom. The van der Waals surface area contributed by atoms with Gasteiger partial charge in [0.15, 0.2) is 5.69 Å². The van der Waals surface area contributed by atoms with Gasteiger partial charge >= 0.3 is 5.97 Å². The van der Waals surface area contributed by atoms with E-state index in [2.05, 4.69) is 5.10 Å². The summed E-state index contributed by atoms with van der Waals surface area (Å²) in [5.41, 5.74) is 1.24. The highest BCUT2D eigenvalue weighted by molar-refractivity contribution is 6.31. The summed E-state index contributed by atoms with van der Waals surface area (Å²) in [7, 11) is 3.30. The molecule has 4 aromatic rings. The third-order valence-electron chi connectivity index (χ3n) is 4.76. The van der Waals surface area contributed by atoms with Crippen LogP contribution >= 0.6 is 11.6 Å². The highest BCUT2D eigenvalue weighted by Crippen LogP contribution is 2.31. The molecule has 0 aliphatic carbocycles. The summed E-state index contributed by atoms with van der Waals surface area (Å²) >= 11 is 6.15. The molecule has 0 saturated carbocycles. The van der Waals surface area contributed by atoms with E-state index in [1.54, 1.807) is 61.0 Å². The Kier molecular flexibility index (Phi) is 4.76. The topological polar surface area (TPSA) is 75.3 Å². The van der Waals surface area contributed by atoms with Gasteiger partial charge in [0, 0.05) is 28.9 Å². The maximum Gasteiger partial charge on any atom is 0.359 e. The van der Waals surface area contributed by atoms with Gasteiger partial charge in [-0.2, -0.15) is 9.78 Å². The van der Waals surface area contributed by atoms with Crippen LogP contribution in [0.5, 0.6) is 5.75 Å². The van der Waals surface area contributed by atoms with Crippen molar-refractivity contribution >= 4 is 39.4 Å². The largest absolute Gasteiger partial charge is 0.497 e. The van der Waals surface area contributed by atoms with Gasteiger partial charge in [0.05, 0.1) is 24.9 Å². The second-order valence-electron chi connectivity index (χ2n) is 6.43. The average Bonchev–Trinajstić information content (AvgIpc) is 3.01. The van der Waals surface area contributed by atoms with Crippen LogP contribution in [0.25, 0.3) is 27.5 Å². The monoisotopic (exact) mass is 411 g/mol. The average molecular weight is 412 g/mol. The first-order valence-corrected chi connectivity index (χ1v) is 9.36. The number of fused-ring (bicyclic) bond motifs is 3. The molecule has 7 nitrogen and oxygen atoms in total. The quantitative estimate of drug-likeness (QED) is 0.478. The molecule has 0 atom stereocenters. The molecule has 0 spiro atoms. The molecule has 148 valence electrons. The van der Waals surface area contributed by atoms with Gasteiger partial charge in [0.25, 0.3) is 5.56 Å². The molecule has 0 radical (unpaired) electrons. The number of methoxy groups -OCH3 is 1. The van der Waals surface area contributed by atoms with E-state index >= 15 is 0 Å². The lowest BCUT2D eigenvalue weighted by molar-refractivity contribution is 0.0520. The molecule has 0 aliphatic rings. The molecular weight excluding hydrogens is 394 g/mol. The van der Waals surface area contributed by atoms with Crippen molar-refractivity contribution in [2.24, 2.45) is 7.05 Å².